The molecule has 3 rings (SSSR count). The third-order valence-electron chi connectivity index (χ3n) is 4.08. The van der Waals surface area contributed by atoms with E-state index in [-0.39, 0.29) is 12.0 Å². The summed E-state index contributed by atoms with van der Waals surface area (Å²) >= 11 is 6.37. The van der Waals surface area contributed by atoms with Gasteiger partial charge in [-0.2, -0.15) is 5.26 Å². The summed E-state index contributed by atoms with van der Waals surface area (Å²) in [4.78, 5) is 31.4. The van der Waals surface area contributed by atoms with Gasteiger partial charge in [0.05, 0.1) is 21.6 Å². The number of carbonyl (C=O) groups is 1. The largest absolute Gasteiger partial charge is 0.375 e. The molecule has 0 aliphatic carbocycles. The van der Waals surface area contributed by atoms with Crippen LogP contribution in [0.4, 0.5) is 5.69 Å². The van der Waals surface area contributed by atoms with Gasteiger partial charge < -0.3 is 9.47 Å². The first-order chi connectivity index (χ1) is 12.3. The van der Waals surface area contributed by atoms with Crippen LogP contribution in [0.1, 0.15) is 5.69 Å². The Kier molecular flexibility index (Phi) is 4.53. The summed E-state index contributed by atoms with van der Waals surface area (Å²) in [5, 5.41) is 12.1. The molecule has 0 radical (unpaired) electrons. The smallest absolute Gasteiger partial charge is 0.252 e. The number of rotatable bonds is 3. The Hall–Kier alpha value is -3.11. The highest BCUT2D eigenvalue weighted by Crippen LogP contribution is 2.33. The van der Waals surface area contributed by atoms with Crippen LogP contribution >= 0.6 is 11.6 Å². The second-order valence-electron chi connectivity index (χ2n) is 6.09. The fourth-order valence-electron chi connectivity index (χ4n) is 3.01. The summed E-state index contributed by atoms with van der Waals surface area (Å²) in [7, 11) is 3.61. The number of nitrogens with one attached hydrogen (secondary N) is 1. The molecule has 0 aliphatic heterocycles. The predicted molar refractivity (Wildman–Crippen MR) is 101 cm³/mol. The van der Waals surface area contributed by atoms with Gasteiger partial charge in [-0.3, -0.25) is 14.9 Å². The Morgan fingerprint density at radius 2 is 2.00 bits per heavy atom. The molecule has 1 N–H and O–H groups in total. The van der Waals surface area contributed by atoms with Crippen LogP contribution in [0.3, 0.4) is 0 Å². The standard InChI is InChI=1S/C18H16ClN5O2/c1-10-4-5-12-17(26)11-6-7-13(19)16(23(2)3)15(11)24(18(12)22-10)8-14(25)21-9-20/h4-7H,8H2,1-3H3,(H,21,25). The fourth-order valence-corrected chi connectivity index (χ4v) is 3.33. The van der Waals surface area contributed by atoms with Gasteiger partial charge in [-0.05, 0) is 31.2 Å². The van der Waals surface area contributed by atoms with E-state index in [1.54, 1.807) is 60.9 Å². The molecule has 2 aromatic heterocycles. The van der Waals surface area contributed by atoms with Crippen molar-refractivity contribution in [3.63, 3.8) is 0 Å². The topological polar surface area (TPSA) is 91.0 Å². The van der Waals surface area contributed by atoms with E-state index in [2.05, 4.69) is 10.3 Å². The quantitative estimate of drug-likeness (QED) is 0.434. The van der Waals surface area contributed by atoms with E-state index in [4.69, 9.17) is 16.9 Å². The number of hydrogen-bond donors (Lipinski definition) is 1. The van der Waals surface area contributed by atoms with Crippen LogP contribution in [0.25, 0.3) is 21.9 Å². The Bertz CT molecular complexity index is 1140. The highest BCUT2D eigenvalue weighted by Gasteiger charge is 2.20. The Morgan fingerprint density at radius 1 is 1.31 bits per heavy atom. The number of aromatic nitrogens is 2. The van der Waals surface area contributed by atoms with Gasteiger partial charge in [0.25, 0.3) is 5.91 Å². The number of fused-ring (bicyclic) bond motifs is 2. The van der Waals surface area contributed by atoms with Crippen molar-refractivity contribution in [1.82, 2.24) is 14.9 Å². The minimum atomic E-state index is -0.508. The summed E-state index contributed by atoms with van der Waals surface area (Å²) in [6.07, 6.45) is 1.62. The van der Waals surface area contributed by atoms with Gasteiger partial charge in [0.2, 0.25) is 0 Å². The second-order valence-corrected chi connectivity index (χ2v) is 6.49. The van der Waals surface area contributed by atoms with E-state index in [1.807, 2.05) is 0 Å². The molecule has 0 saturated heterocycles. The number of nitrogens with zero attached hydrogens (tertiary/aromatic N) is 4. The van der Waals surface area contributed by atoms with E-state index in [1.165, 1.54) is 0 Å². The maximum atomic E-state index is 13.0. The van der Waals surface area contributed by atoms with Crippen LogP contribution in [-0.2, 0) is 11.3 Å². The van der Waals surface area contributed by atoms with Crippen molar-refractivity contribution in [2.24, 2.45) is 0 Å². The van der Waals surface area contributed by atoms with Crippen LogP contribution in [0.15, 0.2) is 29.1 Å². The lowest BCUT2D eigenvalue weighted by atomic mass is 10.1. The molecule has 7 nitrogen and oxygen atoms in total. The Morgan fingerprint density at radius 3 is 2.65 bits per heavy atom. The first-order valence-electron chi connectivity index (χ1n) is 7.82. The van der Waals surface area contributed by atoms with Gasteiger partial charge in [-0.1, -0.05) is 11.6 Å². The average molecular weight is 370 g/mol. The van der Waals surface area contributed by atoms with Crippen molar-refractivity contribution in [2.75, 3.05) is 19.0 Å². The minimum absolute atomic E-state index is 0.168. The van der Waals surface area contributed by atoms with Gasteiger partial charge in [-0.15, -0.1) is 0 Å². The molecule has 0 bridgehead atoms. The SMILES string of the molecule is Cc1ccc2c(=O)c3ccc(Cl)c(N(C)C)c3n(CC(=O)NC#N)c2n1. The van der Waals surface area contributed by atoms with Crippen LogP contribution < -0.4 is 15.6 Å². The number of amides is 1. The third kappa shape index (κ3) is 2.85. The average Bonchev–Trinajstić information content (AvgIpc) is 2.58. The number of benzene rings is 1. The van der Waals surface area contributed by atoms with E-state index < -0.39 is 5.91 Å². The van der Waals surface area contributed by atoms with Crippen molar-refractivity contribution < 1.29 is 4.79 Å². The van der Waals surface area contributed by atoms with E-state index >= 15 is 0 Å². The first kappa shape index (κ1) is 17.7. The number of carbonyl (C=O) groups excluding carboxylic acids is 1. The molecule has 1 aromatic carbocycles. The summed E-state index contributed by atoms with van der Waals surface area (Å²) in [6.45, 7) is 1.64. The number of halogens is 1. The van der Waals surface area contributed by atoms with Gasteiger partial charge in [-0.25, -0.2) is 4.98 Å². The van der Waals surface area contributed by atoms with Crippen molar-refractivity contribution in [2.45, 2.75) is 13.5 Å². The number of nitriles is 1. The predicted octanol–water partition coefficient (Wildman–Crippen LogP) is 2.17. The molecule has 0 unspecified atom stereocenters. The Labute approximate surface area is 154 Å². The highest BCUT2D eigenvalue weighted by molar-refractivity contribution is 6.35. The zero-order valence-electron chi connectivity index (χ0n) is 14.5. The van der Waals surface area contributed by atoms with Crippen LogP contribution in [0, 0.1) is 18.4 Å². The maximum absolute atomic E-state index is 13.0. The molecule has 2 heterocycles. The molecule has 1 amide bonds. The number of hydrogen-bond acceptors (Lipinski definition) is 5. The molecule has 0 fully saturated rings. The fraction of sp³-hybridized carbons (Fsp3) is 0.222. The summed E-state index contributed by atoms with van der Waals surface area (Å²) in [5.41, 5.74) is 2.02. The normalized spacial score (nSPS) is 10.7. The van der Waals surface area contributed by atoms with Gasteiger partial charge in [0.15, 0.2) is 11.6 Å². The molecular weight excluding hydrogens is 354 g/mol. The molecule has 0 atom stereocenters. The lowest BCUT2D eigenvalue weighted by Gasteiger charge is -2.21. The lowest BCUT2D eigenvalue weighted by molar-refractivity contribution is -0.120. The molecule has 3 aromatic rings. The second kappa shape index (κ2) is 6.65. The van der Waals surface area contributed by atoms with E-state index in [9.17, 15) is 9.59 Å². The molecule has 132 valence electrons. The molecule has 8 heteroatoms. The van der Waals surface area contributed by atoms with Crippen molar-refractivity contribution in [1.29, 1.82) is 5.26 Å². The minimum Gasteiger partial charge on any atom is -0.375 e. The van der Waals surface area contributed by atoms with Gasteiger partial charge >= 0.3 is 0 Å². The van der Waals surface area contributed by atoms with E-state index in [0.717, 1.165) is 0 Å². The summed E-state index contributed by atoms with van der Waals surface area (Å²) in [5.74, 6) is -0.508. The monoisotopic (exact) mass is 369 g/mol. The number of pyridine rings is 2. The van der Waals surface area contributed by atoms with Crippen LogP contribution in [-0.4, -0.2) is 29.6 Å². The summed E-state index contributed by atoms with van der Waals surface area (Å²) < 4.78 is 1.63. The lowest BCUT2D eigenvalue weighted by Crippen LogP contribution is -2.26. The van der Waals surface area contributed by atoms with Crippen LogP contribution in [0.5, 0.6) is 0 Å². The van der Waals surface area contributed by atoms with Crippen LogP contribution in [0.2, 0.25) is 5.02 Å². The number of aryl methyl sites for hydroxylation is 1. The number of anilines is 1. The third-order valence-corrected chi connectivity index (χ3v) is 4.38. The highest BCUT2D eigenvalue weighted by atomic mass is 35.5. The maximum Gasteiger partial charge on any atom is 0.252 e. The molecule has 26 heavy (non-hydrogen) atoms. The van der Waals surface area contributed by atoms with E-state index in [0.29, 0.717) is 38.3 Å². The molecule has 0 saturated carbocycles. The molecule has 0 spiro atoms. The van der Waals surface area contributed by atoms with Crippen molar-refractivity contribution >= 4 is 45.1 Å². The first-order valence-corrected chi connectivity index (χ1v) is 8.20. The van der Waals surface area contributed by atoms with Gasteiger partial charge in [0.1, 0.15) is 12.2 Å². The van der Waals surface area contributed by atoms with Crippen molar-refractivity contribution in [3.05, 3.63) is 45.2 Å². The zero-order valence-corrected chi connectivity index (χ0v) is 15.3. The zero-order chi connectivity index (χ0) is 19.0. The Balaban J connectivity index is 2.55. The molecular formula is C18H16ClN5O2. The van der Waals surface area contributed by atoms with Gasteiger partial charge in [0, 0.05) is 25.2 Å². The van der Waals surface area contributed by atoms with Crippen molar-refractivity contribution in [3.8, 4) is 6.19 Å². The summed E-state index contributed by atoms with van der Waals surface area (Å²) in [6, 6.07) is 6.75. The molecule has 0 aliphatic rings.